The number of rotatable bonds is 4. The highest BCUT2D eigenvalue weighted by atomic mass is 19.1. The van der Waals surface area contributed by atoms with Gasteiger partial charge in [0, 0.05) is 54.1 Å². The summed E-state index contributed by atoms with van der Waals surface area (Å²) in [5.41, 5.74) is 4.89. The van der Waals surface area contributed by atoms with E-state index in [4.69, 9.17) is 0 Å². The van der Waals surface area contributed by atoms with Gasteiger partial charge in [-0.05, 0) is 49.1 Å². The Labute approximate surface area is 186 Å². The minimum atomic E-state index is -0.799. The summed E-state index contributed by atoms with van der Waals surface area (Å²) in [6.07, 6.45) is 14.5. The summed E-state index contributed by atoms with van der Waals surface area (Å²) in [6, 6.07) is 7.99. The van der Waals surface area contributed by atoms with E-state index in [9.17, 15) is 4.39 Å². The fourth-order valence-electron chi connectivity index (χ4n) is 5.36. The maximum atomic E-state index is 14.9. The Kier molecular flexibility index (Phi) is 4.63. The van der Waals surface area contributed by atoms with Crippen LogP contribution in [-0.2, 0) is 7.05 Å². The molecule has 2 saturated carbocycles. The molecule has 4 atom stereocenters. The molecule has 2 aliphatic rings. The summed E-state index contributed by atoms with van der Waals surface area (Å²) in [6.45, 7) is 0. The number of benzene rings is 1. The molecule has 3 aromatic heterocycles. The molecule has 0 amide bonds. The minimum absolute atomic E-state index is 0.148. The average Bonchev–Trinajstić information content (AvgIpc) is 3.57. The van der Waals surface area contributed by atoms with E-state index in [0.717, 1.165) is 53.5 Å². The van der Waals surface area contributed by atoms with Crippen molar-refractivity contribution in [2.24, 2.45) is 18.9 Å². The van der Waals surface area contributed by atoms with Gasteiger partial charge in [-0.15, -0.1) is 0 Å². The van der Waals surface area contributed by atoms with Crippen molar-refractivity contribution in [1.82, 2.24) is 29.5 Å². The van der Waals surface area contributed by atoms with Crippen molar-refractivity contribution in [3.8, 4) is 33.6 Å². The monoisotopic (exact) mass is 428 g/mol. The van der Waals surface area contributed by atoms with Crippen LogP contribution in [0, 0.1) is 11.8 Å². The molecule has 0 aliphatic heterocycles. The van der Waals surface area contributed by atoms with Gasteiger partial charge in [-0.3, -0.25) is 9.36 Å². The lowest BCUT2D eigenvalue weighted by Gasteiger charge is -2.31. The van der Waals surface area contributed by atoms with Crippen molar-refractivity contribution in [1.29, 1.82) is 0 Å². The van der Waals surface area contributed by atoms with Crippen molar-refractivity contribution < 1.29 is 4.39 Å². The van der Waals surface area contributed by atoms with E-state index >= 15 is 0 Å². The lowest BCUT2D eigenvalue weighted by Crippen LogP contribution is -2.31. The SMILES string of the molecule is Cn1cc(-c2cccc(-c3ncc(-c4cnn([C@@H]5C[C@H]6CC[C@@H](C6)[C@H]5F)c4)cn3)c2)cn1. The second-order valence-electron chi connectivity index (χ2n) is 9.17. The molecule has 7 heteroatoms. The maximum Gasteiger partial charge on any atom is 0.159 e. The molecule has 32 heavy (non-hydrogen) atoms. The van der Waals surface area contributed by atoms with Gasteiger partial charge in [0.2, 0.25) is 0 Å². The van der Waals surface area contributed by atoms with Crippen LogP contribution in [-0.4, -0.2) is 35.7 Å². The topological polar surface area (TPSA) is 61.4 Å². The predicted molar refractivity (Wildman–Crippen MR) is 120 cm³/mol. The molecule has 6 rings (SSSR count). The molecule has 162 valence electrons. The van der Waals surface area contributed by atoms with E-state index in [-0.39, 0.29) is 12.0 Å². The van der Waals surface area contributed by atoms with Crippen molar-refractivity contribution in [3.63, 3.8) is 0 Å². The van der Waals surface area contributed by atoms with Gasteiger partial charge in [0.15, 0.2) is 5.82 Å². The quantitative estimate of drug-likeness (QED) is 0.453. The Hall–Kier alpha value is -3.35. The first-order chi connectivity index (χ1) is 15.6. The average molecular weight is 429 g/mol. The summed E-state index contributed by atoms with van der Waals surface area (Å²) in [7, 11) is 1.91. The Bertz CT molecular complexity index is 1240. The fraction of sp³-hybridized carbons (Fsp3) is 0.360. The second-order valence-corrected chi connectivity index (χ2v) is 9.17. The molecule has 0 unspecified atom stereocenters. The lowest BCUT2D eigenvalue weighted by atomic mass is 9.84. The summed E-state index contributed by atoms with van der Waals surface area (Å²) in [4.78, 5) is 9.19. The third-order valence-corrected chi connectivity index (χ3v) is 7.06. The zero-order valence-corrected chi connectivity index (χ0v) is 18.0. The number of fused-ring (bicyclic) bond motifs is 2. The van der Waals surface area contributed by atoms with Crippen LogP contribution in [0.3, 0.4) is 0 Å². The normalized spacial score (nSPS) is 24.7. The van der Waals surface area contributed by atoms with E-state index < -0.39 is 6.17 Å². The molecule has 2 bridgehead atoms. The van der Waals surface area contributed by atoms with E-state index in [1.807, 2.05) is 54.8 Å². The lowest BCUT2D eigenvalue weighted by molar-refractivity contribution is 0.100. The van der Waals surface area contributed by atoms with Gasteiger partial charge in [0.1, 0.15) is 6.17 Å². The van der Waals surface area contributed by atoms with Crippen molar-refractivity contribution in [2.75, 3.05) is 0 Å². The van der Waals surface area contributed by atoms with Crippen molar-refractivity contribution in [3.05, 3.63) is 61.4 Å². The highest BCUT2D eigenvalue weighted by molar-refractivity contribution is 5.70. The molecule has 2 fully saturated rings. The largest absolute Gasteiger partial charge is 0.275 e. The molecule has 3 heterocycles. The number of nitrogens with zero attached hydrogens (tertiary/aromatic N) is 6. The predicted octanol–water partition coefficient (Wildman–Crippen LogP) is 5.11. The third-order valence-electron chi connectivity index (χ3n) is 7.06. The first-order valence-corrected chi connectivity index (χ1v) is 11.2. The molecular weight excluding hydrogens is 403 g/mol. The molecular formula is C25H25FN6. The third kappa shape index (κ3) is 3.42. The van der Waals surface area contributed by atoms with E-state index in [1.54, 1.807) is 10.9 Å². The first kappa shape index (κ1) is 19.3. The summed E-state index contributed by atoms with van der Waals surface area (Å²) in [5.74, 6) is 1.52. The molecule has 6 nitrogen and oxygen atoms in total. The van der Waals surface area contributed by atoms with Crippen LogP contribution < -0.4 is 0 Å². The Morgan fingerprint density at radius 1 is 0.844 bits per heavy atom. The van der Waals surface area contributed by atoms with Crippen LogP contribution in [0.5, 0.6) is 0 Å². The molecule has 1 aromatic carbocycles. The van der Waals surface area contributed by atoms with Crippen LogP contribution >= 0.6 is 0 Å². The Morgan fingerprint density at radius 3 is 2.44 bits per heavy atom. The van der Waals surface area contributed by atoms with E-state index in [1.165, 1.54) is 0 Å². The maximum absolute atomic E-state index is 14.9. The van der Waals surface area contributed by atoms with Crippen LogP contribution in [0.25, 0.3) is 33.6 Å². The van der Waals surface area contributed by atoms with Gasteiger partial charge < -0.3 is 0 Å². The van der Waals surface area contributed by atoms with Crippen molar-refractivity contribution in [2.45, 2.75) is 37.9 Å². The van der Waals surface area contributed by atoms with Crippen LogP contribution in [0.15, 0.2) is 61.4 Å². The fourth-order valence-corrected chi connectivity index (χ4v) is 5.36. The molecule has 0 saturated heterocycles. The van der Waals surface area contributed by atoms with E-state index in [2.05, 4.69) is 32.3 Å². The highest BCUT2D eigenvalue weighted by Gasteiger charge is 2.43. The summed E-state index contributed by atoms with van der Waals surface area (Å²) < 4.78 is 18.6. The second kappa shape index (κ2) is 7.65. The molecule has 0 N–H and O–H groups in total. The number of aryl methyl sites for hydroxylation is 1. The number of hydrogen-bond acceptors (Lipinski definition) is 4. The summed E-state index contributed by atoms with van der Waals surface area (Å²) >= 11 is 0. The van der Waals surface area contributed by atoms with Crippen molar-refractivity contribution >= 4 is 0 Å². The van der Waals surface area contributed by atoms with Gasteiger partial charge in [-0.1, -0.05) is 18.2 Å². The smallest absolute Gasteiger partial charge is 0.159 e. The molecule has 4 aromatic rings. The standard InChI is InChI=1S/C25H25FN6/c1-31-14-21(12-29-31)17-3-2-4-19(9-17)25-27-10-20(11-28-25)22-13-30-32(15-22)23-8-16-5-6-18(7-16)24(23)26/h2-4,9-16,18,23-24H,5-8H2,1H3/t16-,18-,23+,24+/m0/s1. The Morgan fingerprint density at radius 2 is 1.62 bits per heavy atom. The number of alkyl halides is 1. The molecule has 2 aliphatic carbocycles. The number of hydrogen-bond donors (Lipinski definition) is 0. The van der Waals surface area contributed by atoms with Crippen LogP contribution in [0.2, 0.25) is 0 Å². The Balaban J connectivity index is 1.23. The van der Waals surface area contributed by atoms with Crippen LogP contribution in [0.4, 0.5) is 4.39 Å². The summed E-state index contributed by atoms with van der Waals surface area (Å²) in [5, 5.41) is 8.75. The van der Waals surface area contributed by atoms with Gasteiger partial charge in [-0.25, -0.2) is 14.4 Å². The van der Waals surface area contributed by atoms with Gasteiger partial charge in [-0.2, -0.15) is 10.2 Å². The van der Waals surface area contributed by atoms with Gasteiger partial charge >= 0.3 is 0 Å². The van der Waals surface area contributed by atoms with Gasteiger partial charge in [0.25, 0.3) is 0 Å². The number of halogens is 1. The van der Waals surface area contributed by atoms with E-state index in [0.29, 0.717) is 11.7 Å². The van der Waals surface area contributed by atoms with Gasteiger partial charge in [0.05, 0.1) is 18.4 Å². The zero-order valence-electron chi connectivity index (χ0n) is 18.0. The minimum Gasteiger partial charge on any atom is -0.275 e. The number of aromatic nitrogens is 6. The van der Waals surface area contributed by atoms with Crippen LogP contribution in [0.1, 0.15) is 31.7 Å². The first-order valence-electron chi connectivity index (χ1n) is 11.2. The molecule has 0 spiro atoms. The zero-order chi connectivity index (χ0) is 21.7. The highest BCUT2D eigenvalue weighted by Crippen LogP contribution is 2.48. The molecule has 0 radical (unpaired) electrons.